The van der Waals surface area contributed by atoms with Gasteiger partial charge in [-0.3, -0.25) is 0 Å². The smallest absolute Gasteiger partial charge is 0.164 e. The second-order valence-corrected chi connectivity index (χ2v) is 25.2. The van der Waals surface area contributed by atoms with Crippen molar-refractivity contribution < 1.29 is 0 Å². The van der Waals surface area contributed by atoms with Gasteiger partial charge in [-0.05, 0) is 163 Å². The summed E-state index contributed by atoms with van der Waals surface area (Å²) in [6.07, 6.45) is 0. The van der Waals surface area contributed by atoms with Crippen molar-refractivity contribution in [3.63, 3.8) is 0 Å². The third-order valence-electron chi connectivity index (χ3n) is 20.3. The minimum absolute atomic E-state index is 0.388. The fourth-order valence-corrected chi connectivity index (χ4v) is 16.3. The van der Waals surface area contributed by atoms with Crippen molar-refractivity contribution in [2.24, 2.45) is 0 Å². The van der Waals surface area contributed by atoms with Gasteiger partial charge in [0.15, 0.2) is 17.5 Å². The highest BCUT2D eigenvalue weighted by molar-refractivity contribution is 6.22. The van der Waals surface area contributed by atoms with Crippen LogP contribution >= 0.6 is 0 Å². The van der Waals surface area contributed by atoms with Crippen LogP contribution in [0, 0.1) is 0 Å². The van der Waals surface area contributed by atoms with Crippen molar-refractivity contribution >= 4 is 21.5 Å². The molecule has 0 amide bonds. The number of benzene rings is 14. The number of hydrogen-bond acceptors (Lipinski definition) is 3. The van der Waals surface area contributed by atoms with Gasteiger partial charge in [-0.15, -0.1) is 0 Å². The normalized spacial score (nSPS) is 14.1. The Bertz CT molecular complexity index is 5130. The van der Waals surface area contributed by atoms with Gasteiger partial charge in [0.25, 0.3) is 0 Å². The van der Waals surface area contributed by atoms with Gasteiger partial charge in [0, 0.05) is 22.1 Å². The molecule has 0 N–H and O–H groups in total. The number of fused-ring (bicyclic) bond motifs is 11. The van der Waals surface area contributed by atoms with Crippen LogP contribution in [0.3, 0.4) is 0 Å². The number of aromatic nitrogens is 3. The largest absolute Gasteiger partial charge is 0.208 e. The quantitative estimate of drug-likeness (QED) is 0.135. The van der Waals surface area contributed by atoms with Gasteiger partial charge in [-0.2, -0.15) is 0 Å². The molecule has 0 bridgehead atoms. The number of hydrogen-bond donors (Lipinski definition) is 0. The van der Waals surface area contributed by atoms with Crippen molar-refractivity contribution in [3.8, 4) is 89.8 Å². The Hall–Kier alpha value is -11.4. The molecule has 3 aliphatic rings. The summed E-state index contributed by atoms with van der Waals surface area (Å²) < 4.78 is 0. The SMILES string of the molecule is CC1(C)c2cc(-c3nc(-c4ccc5c(c4)C(c4ccccc4)(c4ccccc4)c4ccccc4-5)nc(-c4ccc5c(c4)C(c4ccccc4)(c4ccccc4)c4ccccc4-5)n3)ccc2-c2cc3c(-c4ccccc4)c4ccccc4c(-c4ccccc4)c3cc21. The second kappa shape index (κ2) is 20.3. The molecule has 0 atom stereocenters. The highest BCUT2D eigenvalue weighted by Gasteiger charge is 2.48. The summed E-state index contributed by atoms with van der Waals surface area (Å²) in [4.78, 5) is 17.0. The van der Waals surface area contributed by atoms with Crippen molar-refractivity contribution in [2.75, 3.05) is 0 Å². The third-order valence-corrected chi connectivity index (χ3v) is 20.3. The van der Waals surface area contributed by atoms with Crippen LogP contribution in [-0.4, -0.2) is 15.0 Å². The predicted octanol–water partition coefficient (Wildman–Crippen LogP) is 21.5. The fourth-order valence-electron chi connectivity index (χ4n) is 16.3. The van der Waals surface area contributed by atoms with E-state index in [1.807, 2.05) is 0 Å². The topological polar surface area (TPSA) is 38.7 Å². The molecule has 14 aromatic carbocycles. The van der Waals surface area contributed by atoms with Crippen LogP contribution in [0.15, 0.2) is 322 Å². The Kier molecular flexibility index (Phi) is 11.8. The summed E-state index contributed by atoms with van der Waals surface area (Å²) >= 11 is 0. The highest BCUT2D eigenvalue weighted by atomic mass is 15.0. The minimum atomic E-state index is -0.613. The van der Waals surface area contributed by atoms with Crippen molar-refractivity contribution in [1.29, 1.82) is 0 Å². The van der Waals surface area contributed by atoms with Gasteiger partial charge in [-0.25, -0.2) is 15.0 Å². The van der Waals surface area contributed by atoms with Gasteiger partial charge >= 0.3 is 0 Å². The highest BCUT2D eigenvalue weighted by Crippen LogP contribution is 2.60. The summed E-state index contributed by atoms with van der Waals surface area (Å²) in [5.41, 5.74) is 25.7. The summed E-state index contributed by atoms with van der Waals surface area (Å²) in [7, 11) is 0. The maximum Gasteiger partial charge on any atom is 0.164 e. The summed E-state index contributed by atoms with van der Waals surface area (Å²) in [5.74, 6) is 1.84. The summed E-state index contributed by atoms with van der Waals surface area (Å²) in [6, 6.07) is 119. The molecule has 15 aromatic rings. The van der Waals surface area contributed by atoms with Gasteiger partial charge in [0.05, 0.1) is 10.8 Å². The molecule has 0 saturated heterocycles. The lowest BCUT2D eigenvalue weighted by Crippen LogP contribution is -2.28. The van der Waals surface area contributed by atoms with E-state index in [1.165, 1.54) is 133 Å². The lowest BCUT2D eigenvalue weighted by molar-refractivity contribution is 0.661. The molecule has 3 aliphatic carbocycles. The molecule has 0 saturated carbocycles. The first kappa shape index (κ1) is 52.7. The van der Waals surface area contributed by atoms with Crippen LogP contribution in [-0.2, 0) is 16.2 Å². The summed E-state index contributed by atoms with van der Waals surface area (Å²) in [5, 5.41) is 4.97. The average molecular weight is 1160 g/mol. The van der Waals surface area contributed by atoms with Crippen LogP contribution in [0.25, 0.3) is 111 Å². The van der Waals surface area contributed by atoms with Crippen LogP contribution < -0.4 is 0 Å². The molecule has 1 aromatic heterocycles. The molecule has 91 heavy (non-hydrogen) atoms. The predicted molar refractivity (Wildman–Crippen MR) is 374 cm³/mol. The fraction of sp³-hybridized carbons (Fsp3) is 0.0568. The van der Waals surface area contributed by atoms with Gasteiger partial charge in [0.2, 0.25) is 0 Å². The number of nitrogens with zero attached hydrogens (tertiary/aromatic N) is 3. The van der Waals surface area contributed by atoms with Gasteiger partial charge in [0.1, 0.15) is 0 Å². The first-order valence-corrected chi connectivity index (χ1v) is 31.7. The van der Waals surface area contributed by atoms with Crippen LogP contribution in [0.2, 0.25) is 0 Å². The zero-order chi connectivity index (χ0) is 60.4. The molecule has 0 unspecified atom stereocenters. The third kappa shape index (κ3) is 7.71. The molecule has 3 nitrogen and oxygen atoms in total. The van der Waals surface area contributed by atoms with Gasteiger partial charge in [-0.1, -0.05) is 305 Å². The van der Waals surface area contributed by atoms with Crippen LogP contribution in [0.5, 0.6) is 0 Å². The molecule has 0 spiro atoms. The van der Waals surface area contributed by atoms with Crippen LogP contribution in [0.4, 0.5) is 0 Å². The zero-order valence-corrected chi connectivity index (χ0v) is 50.4. The molecule has 0 radical (unpaired) electrons. The molecule has 18 rings (SSSR count). The Morgan fingerprint density at radius 2 is 0.505 bits per heavy atom. The van der Waals surface area contributed by atoms with Crippen molar-refractivity contribution in [1.82, 2.24) is 15.0 Å². The van der Waals surface area contributed by atoms with E-state index >= 15 is 0 Å². The lowest BCUT2D eigenvalue weighted by Gasteiger charge is -2.34. The van der Waals surface area contributed by atoms with Crippen molar-refractivity contribution in [3.05, 3.63) is 377 Å². The van der Waals surface area contributed by atoms with E-state index in [-0.39, 0.29) is 5.41 Å². The van der Waals surface area contributed by atoms with E-state index < -0.39 is 10.8 Å². The molecule has 1 heterocycles. The zero-order valence-electron chi connectivity index (χ0n) is 50.4. The molecular weight excluding hydrogens is 1100 g/mol. The van der Waals surface area contributed by atoms with E-state index in [0.29, 0.717) is 17.5 Å². The minimum Gasteiger partial charge on any atom is -0.208 e. The maximum absolute atomic E-state index is 5.67. The standard InChI is InChI=1S/C88H59N3/c1-86(2)77-51-58(47-50-69(77)72-54-73-74(55-78(72)86)82(57-29-11-4-12-30-57)71-42-22-21-41-70(71)81(73)56-27-9-3-10-28-56)83-89-84(59-45-48-67-65-39-23-25-43-75(65)87(79(67)52-59,61-31-13-5-14-32-61)62-33-15-6-16-34-62)91-85(90-83)60-46-49-68-66-40-24-26-44-76(66)88(80(68)53-60,63-35-17-7-18-36-63)64-37-19-8-20-38-64/h3-55H,1-2H3. The first-order chi connectivity index (χ1) is 44.9. The number of rotatable bonds is 9. The van der Waals surface area contributed by atoms with E-state index in [2.05, 4.69) is 335 Å². The van der Waals surface area contributed by atoms with E-state index in [9.17, 15) is 0 Å². The van der Waals surface area contributed by atoms with Gasteiger partial charge < -0.3 is 0 Å². The molecule has 0 aliphatic heterocycles. The molecule has 426 valence electrons. The van der Waals surface area contributed by atoms with E-state index in [1.54, 1.807) is 0 Å². The first-order valence-electron chi connectivity index (χ1n) is 31.7. The monoisotopic (exact) mass is 1160 g/mol. The molecular formula is C88H59N3. The Labute approximate surface area is 530 Å². The second-order valence-electron chi connectivity index (χ2n) is 25.2. The van der Waals surface area contributed by atoms with Crippen LogP contribution in [0.1, 0.15) is 69.5 Å². The van der Waals surface area contributed by atoms with E-state index in [0.717, 1.165) is 16.7 Å². The Balaban J connectivity index is 0.867. The molecule has 0 fully saturated rings. The van der Waals surface area contributed by atoms with Crippen molar-refractivity contribution in [2.45, 2.75) is 30.1 Å². The lowest BCUT2D eigenvalue weighted by atomic mass is 9.67. The summed E-state index contributed by atoms with van der Waals surface area (Å²) in [6.45, 7) is 4.78. The maximum atomic E-state index is 5.67. The van der Waals surface area contributed by atoms with E-state index in [4.69, 9.17) is 15.0 Å². The molecule has 3 heteroatoms. The average Bonchev–Trinajstić information content (AvgIpc) is 1.61. The Morgan fingerprint density at radius 3 is 0.901 bits per heavy atom. The Morgan fingerprint density at radius 1 is 0.209 bits per heavy atom.